The van der Waals surface area contributed by atoms with Gasteiger partial charge in [0.25, 0.3) is 0 Å². The maximum absolute atomic E-state index is 14.2. The lowest BCUT2D eigenvalue weighted by atomic mass is 10.2. The average molecular weight is 296 g/mol. The number of carbonyl (C=O) groups is 1. The molecule has 0 unspecified atom stereocenters. The second kappa shape index (κ2) is 5.72. The Morgan fingerprint density at radius 3 is 2.86 bits per heavy atom. The summed E-state index contributed by atoms with van der Waals surface area (Å²) in [6, 6.07) is 1.44. The number of hydrogen-bond acceptors (Lipinski definition) is 5. The molecule has 0 bridgehead atoms. The van der Waals surface area contributed by atoms with Crippen LogP contribution in [0, 0.1) is 5.82 Å². The highest BCUT2D eigenvalue weighted by atomic mass is 19.1. The number of halogens is 1. The molecule has 7 nitrogen and oxygen atoms in total. The molecule has 0 spiro atoms. The molecule has 21 heavy (non-hydrogen) atoms. The third-order valence-electron chi connectivity index (χ3n) is 3.68. The molecule has 0 atom stereocenters. The summed E-state index contributed by atoms with van der Waals surface area (Å²) in [5, 5.41) is 12.1. The van der Waals surface area contributed by atoms with Gasteiger partial charge in [0.2, 0.25) is 5.88 Å². The molecule has 1 saturated heterocycles. The van der Waals surface area contributed by atoms with Crippen LogP contribution in [0.3, 0.4) is 0 Å². The van der Waals surface area contributed by atoms with E-state index in [1.54, 1.807) is 4.90 Å². The minimum atomic E-state index is -0.945. The molecule has 1 fully saturated rings. The van der Waals surface area contributed by atoms with Crippen LogP contribution in [-0.4, -0.2) is 60.4 Å². The Morgan fingerprint density at radius 1 is 1.38 bits per heavy atom. The molecule has 0 saturated carbocycles. The van der Waals surface area contributed by atoms with Gasteiger partial charge in [0, 0.05) is 44.8 Å². The molecule has 1 amide bonds. The number of amides is 1. The summed E-state index contributed by atoms with van der Waals surface area (Å²) >= 11 is 0. The van der Waals surface area contributed by atoms with Crippen molar-refractivity contribution in [2.24, 2.45) is 0 Å². The quantitative estimate of drug-likeness (QED) is 0.786. The van der Waals surface area contributed by atoms with Gasteiger partial charge in [0.1, 0.15) is 6.61 Å². The first-order valence-electron chi connectivity index (χ1n) is 6.91. The SMILES string of the molecule is O=C(O)N1CCN(c2nc3c(cc2F)CNCCO3)CC1. The molecule has 114 valence electrons. The van der Waals surface area contributed by atoms with Crippen LogP contribution < -0.4 is 15.0 Å². The molecule has 0 aliphatic carbocycles. The second-order valence-electron chi connectivity index (χ2n) is 5.04. The molecule has 1 aromatic rings. The van der Waals surface area contributed by atoms with Crippen LogP contribution in [-0.2, 0) is 6.54 Å². The summed E-state index contributed by atoms with van der Waals surface area (Å²) in [5.74, 6) is 0.294. The number of carboxylic acid groups (broad SMARTS) is 1. The van der Waals surface area contributed by atoms with Crippen molar-refractivity contribution in [3.63, 3.8) is 0 Å². The van der Waals surface area contributed by atoms with Gasteiger partial charge in [-0.05, 0) is 6.07 Å². The predicted octanol–water partition coefficient (Wildman–Crippen LogP) is 0.503. The molecule has 3 heterocycles. The number of pyridine rings is 1. The monoisotopic (exact) mass is 296 g/mol. The van der Waals surface area contributed by atoms with E-state index in [1.807, 2.05) is 0 Å². The van der Waals surface area contributed by atoms with Crippen molar-refractivity contribution in [3.8, 4) is 5.88 Å². The van der Waals surface area contributed by atoms with Gasteiger partial charge < -0.3 is 25.0 Å². The number of nitrogens with zero attached hydrogens (tertiary/aromatic N) is 3. The Morgan fingerprint density at radius 2 is 2.14 bits per heavy atom. The zero-order valence-corrected chi connectivity index (χ0v) is 11.5. The van der Waals surface area contributed by atoms with Gasteiger partial charge in [0.05, 0.1) is 0 Å². The molecule has 3 rings (SSSR count). The number of fused-ring (bicyclic) bond motifs is 1. The first kappa shape index (κ1) is 13.9. The first-order valence-corrected chi connectivity index (χ1v) is 6.91. The molecule has 1 aromatic heterocycles. The van der Waals surface area contributed by atoms with E-state index in [0.717, 1.165) is 0 Å². The van der Waals surface area contributed by atoms with E-state index in [4.69, 9.17) is 9.84 Å². The highest BCUT2D eigenvalue weighted by Crippen LogP contribution is 2.26. The van der Waals surface area contributed by atoms with Crippen LogP contribution in [0.1, 0.15) is 5.56 Å². The lowest BCUT2D eigenvalue weighted by Gasteiger charge is -2.34. The second-order valence-corrected chi connectivity index (χ2v) is 5.04. The van der Waals surface area contributed by atoms with E-state index >= 15 is 0 Å². The summed E-state index contributed by atoms with van der Waals surface area (Å²) in [7, 11) is 0. The van der Waals surface area contributed by atoms with Crippen molar-refractivity contribution in [2.75, 3.05) is 44.2 Å². The topological polar surface area (TPSA) is 77.9 Å². The molecule has 2 N–H and O–H groups in total. The van der Waals surface area contributed by atoms with Crippen LogP contribution in [0.15, 0.2) is 6.07 Å². The fourth-order valence-corrected chi connectivity index (χ4v) is 2.53. The Balaban J connectivity index is 1.80. The van der Waals surface area contributed by atoms with Crippen molar-refractivity contribution in [3.05, 3.63) is 17.4 Å². The van der Waals surface area contributed by atoms with E-state index in [9.17, 15) is 9.18 Å². The van der Waals surface area contributed by atoms with Gasteiger partial charge >= 0.3 is 6.09 Å². The van der Waals surface area contributed by atoms with Gasteiger partial charge in [-0.25, -0.2) is 9.18 Å². The van der Waals surface area contributed by atoms with Crippen molar-refractivity contribution in [2.45, 2.75) is 6.54 Å². The lowest BCUT2D eigenvalue weighted by molar-refractivity contribution is 0.142. The van der Waals surface area contributed by atoms with E-state index < -0.39 is 11.9 Å². The van der Waals surface area contributed by atoms with Crippen LogP contribution in [0.4, 0.5) is 15.0 Å². The highest BCUT2D eigenvalue weighted by molar-refractivity contribution is 5.65. The van der Waals surface area contributed by atoms with Crippen molar-refractivity contribution >= 4 is 11.9 Å². The minimum Gasteiger partial charge on any atom is -0.476 e. The van der Waals surface area contributed by atoms with Crippen LogP contribution >= 0.6 is 0 Å². The van der Waals surface area contributed by atoms with E-state index in [-0.39, 0.29) is 5.82 Å². The third-order valence-corrected chi connectivity index (χ3v) is 3.68. The van der Waals surface area contributed by atoms with E-state index in [2.05, 4.69) is 10.3 Å². The van der Waals surface area contributed by atoms with Gasteiger partial charge in [-0.1, -0.05) is 0 Å². The molecule has 2 aliphatic rings. The number of ether oxygens (including phenoxy) is 1. The first-order chi connectivity index (χ1) is 10.1. The van der Waals surface area contributed by atoms with Crippen LogP contribution in [0.2, 0.25) is 0 Å². The lowest BCUT2D eigenvalue weighted by Crippen LogP contribution is -2.48. The van der Waals surface area contributed by atoms with Gasteiger partial charge in [-0.15, -0.1) is 0 Å². The standard InChI is InChI=1S/C13H17FN4O3/c14-10-7-9-8-15-1-6-21-12(9)16-11(10)17-2-4-18(5-3-17)13(19)20/h7,15H,1-6,8H2,(H,19,20). The zero-order valence-electron chi connectivity index (χ0n) is 11.5. The summed E-state index contributed by atoms with van der Waals surface area (Å²) in [4.78, 5) is 18.3. The fourth-order valence-electron chi connectivity index (χ4n) is 2.53. The number of rotatable bonds is 1. The minimum absolute atomic E-state index is 0.237. The maximum atomic E-state index is 14.2. The Hall–Kier alpha value is -2.09. The highest BCUT2D eigenvalue weighted by Gasteiger charge is 2.25. The van der Waals surface area contributed by atoms with Gasteiger partial charge in [-0.3, -0.25) is 0 Å². The molecular weight excluding hydrogens is 279 g/mol. The normalized spacial score (nSPS) is 18.7. The third kappa shape index (κ3) is 2.85. The molecule has 2 aliphatic heterocycles. The molecular formula is C13H17FN4O3. The van der Waals surface area contributed by atoms with Crippen molar-refractivity contribution in [1.82, 2.24) is 15.2 Å². The average Bonchev–Trinajstić information content (AvgIpc) is 2.71. The summed E-state index contributed by atoms with van der Waals surface area (Å²) in [6.07, 6.45) is -0.945. The van der Waals surface area contributed by atoms with Gasteiger partial charge in [-0.2, -0.15) is 4.98 Å². The maximum Gasteiger partial charge on any atom is 0.407 e. The van der Waals surface area contributed by atoms with Crippen molar-refractivity contribution in [1.29, 1.82) is 0 Å². The predicted molar refractivity (Wildman–Crippen MR) is 73.2 cm³/mol. The summed E-state index contributed by atoms with van der Waals surface area (Å²) in [6.45, 7) is 3.27. The Kier molecular flexibility index (Phi) is 3.78. The van der Waals surface area contributed by atoms with Crippen LogP contribution in [0.5, 0.6) is 5.88 Å². The number of nitrogens with one attached hydrogen (secondary N) is 1. The summed E-state index contributed by atoms with van der Waals surface area (Å²) < 4.78 is 19.8. The zero-order chi connectivity index (χ0) is 14.8. The molecule has 0 aromatic carbocycles. The number of hydrogen-bond donors (Lipinski definition) is 2. The molecule has 8 heteroatoms. The Bertz CT molecular complexity index is 546. The number of aromatic nitrogens is 1. The Labute approximate surface area is 121 Å². The number of piperazine rings is 1. The smallest absolute Gasteiger partial charge is 0.407 e. The van der Waals surface area contributed by atoms with E-state index in [1.165, 1.54) is 11.0 Å². The summed E-state index contributed by atoms with van der Waals surface area (Å²) in [5.41, 5.74) is 0.706. The van der Waals surface area contributed by atoms with E-state index in [0.29, 0.717) is 57.3 Å². The fraction of sp³-hybridized carbons (Fsp3) is 0.538. The molecule has 0 radical (unpaired) electrons. The van der Waals surface area contributed by atoms with Gasteiger partial charge in [0.15, 0.2) is 11.6 Å². The number of anilines is 1. The largest absolute Gasteiger partial charge is 0.476 e. The van der Waals surface area contributed by atoms with Crippen LogP contribution in [0.25, 0.3) is 0 Å². The van der Waals surface area contributed by atoms with Crippen molar-refractivity contribution < 1.29 is 19.0 Å².